The molecule has 1 aliphatic heterocycles. The quantitative estimate of drug-likeness (QED) is 0.703. The van der Waals surface area contributed by atoms with E-state index in [4.69, 9.17) is 5.73 Å². The van der Waals surface area contributed by atoms with E-state index in [1.165, 1.54) is 0 Å². The van der Waals surface area contributed by atoms with E-state index in [1.54, 1.807) is 4.90 Å². The fourth-order valence-corrected chi connectivity index (χ4v) is 2.02. The van der Waals surface area contributed by atoms with Crippen LogP contribution < -0.4 is 5.73 Å². The number of primary amides is 1. The number of amides is 2. The van der Waals surface area contributed by atoms with Gasteiger partial charge in [0.1, 0.15) is 0 Å². The molecule has 0 radical (unpaired) electrons. The van der Waals surface area contributed by atoms with Gasteiger partial charge in [0.2, 0.25) is 11.8 Å². The fraction of sp³-hybridized carbons (Fsp3) is 0.818. The van der Waals surface area contributed by atoms with Gasteiger partial charge in [0.05, 0.1) is 6.10 Å². The molecule has 1 fully saturated rings. The maximum Gasteiger partial charge on any atom is 0.223 e. The second-order valence-corrected chi connectivity index (χ2v) is 5.27. The lowest BCUT2D eigenvalue weighted by Crippen LogP contribution is -2.34. The molecule has 0 aromatic carbocycles. The molecule has 1 rings (SSSR count). The van der Waals surface area contributed by atoms with Gasteiger partial charge in [0.25, 0.3) is 0 Å². The summed E-state index contributed by atoms with van der Waals surface area (Å²) in [7, 11) is 0. The lowest BCUT2D eigenvalue weighted by Gasteiger charge is -2.25. The number of rotatable bonds is 4. The highest BCUT2D eigenvalue weighted by molar-refractivity contribution is 5.79. The molecule has 0 aromatic rings. The molecule has 2 amide bonds. The summed E-state index contributed by atoms with van der Waals surface area (Å²) in [6.07, 6.45) is 0.739. The Morgan fingerprint density at radius 1 is 1.44 bits per heavy atom. The van der Waals surface area contributed by atoms with Gasteiger partial charge in [-0.2, -0.15) is 0 Å². The van der Waals surface area contributed by atoms with Crippen molar-refractivity contribution in [2.24, 2.45) is 11.1 Å². The van der Waals surface area contributed by atoms with Crippen molar-refractivity contribution >= 4 is 11.8 Å². The molecule has 92 valence electrons. The first kappa shape index (κ1) is 13.0. The Bertz CT molecular complexity index is 289. The van der Waals surface area contributed by atoms with E-state index < -0.39 is 11.5 Å². The van der Waals surface area contributed by atoms with Crippen molar-refractivity contribution in [2.75, 3.05) is 13.1 Å². The summed E-state index contributed by atoms with van der Waals surface area (Å²) in [5.74, 6) is -0.401. The van der Waals surface area contributed by atoms with E-state index in [0.717, 1.165) is 0 Å². The molecule has 1 atom stereocenters. The Morgan fingerprint density at radius 3 is 2.50 bits per heavy atom. The van der Waals surface area contributed by atoms with Gasteiger partial charge in [-0.05, 0) is 11.8 Å². The van der Waals surface area contributed by atoms with Gasteiger partial charge in [-0.3, -0.25) is 9.59 Å². The first-order valence-electron chi connectivity index (χ1n) is 5.54. The number of nitrogens with two attached hydrogens (primary N) is 1. The molecule has 16 heavy (non-hydrogen) atoms. The molecule has 3 N–H and O–H groups in total. The molecule has 0 spiro atoms. The minimum Gasteiger partial charge on any atom is -0.391 e. The summed E-state index contributed by atoms with van der Waals surface area (Å²) in [5.41, 5.74) is 4.72. The van der Waals surface area contributed by atoms with Crippen LogP contribution in [0.15, 0.2) is 0 Å². The summed E-state index contributed by atoms with van der Waals surface area (Å²) in [6.45, 7) is 4.71. The van der Waals surface area contributed by atoms with E-state index >= 15 is 0 Å². The molecule has 1 unspecified atom stereocenters. The Balaban J connectivity index is 2.47. The summed E-state index contributed by atoms with van der Waals surface area (Å²) < 4.78 is 0. The zero-order valence-electron chi connectivity index (χ0n) is 9.90. The number of nitrogens with zero attached hydrogens (tertiary/aromatic N) is 1. The minimum atomic E-state index is -0.406. The molecule has 0 aliphatic carbocycles. The largest absolute Gasteiger partial charge is 0.391 e. The number of carbonyl (C=O) groups is 2. The van der Waals surface area contributed by atoms with Gasteiger partial charge < -0.3 is 15.7 Å². The Kier molecular flexibility index (Phi) is 3.91. The molecule has 1 heterocycles. The van der Waals surface area contributed by atoms with Crippen molar-refractivity contribution in [2.45, 2.75) is 39.2 Å². The lowest BCUT2D eigenvalue weighted by atomic mass is 9.85. The van der Waals surface area contributed by atoms with Crippen molar-refractivity contribution in [3.8, 4) is 0 Å². The zero-order valence-corrected chi connectivity index (χ0v) is 9.90. The number of hydrogen-bond donors (Lipinski definition) is 2. The van der Waals surface area contributed by atoms with Crippen LogP contribution in [0.1, 0.15) is 33.1 Å². The van der Waals surface area contributed by atoms with Gasteiger partial charge in [0.15, 0.2) is 0 Å². The number of hydrogen-bond acceptors (Lipinski definition) is 3. The maximum absolute atomic E-state index is 11.9. The summed E-state index contributed by atoms with van der Waals surface area (Å²) >= 11 is 0. The lowest BCUT2D eigenvalue weighted by molar-refractivity contribution is -0.133. The minimum absolute atomic E-state index is 0.0113. The molecule has 5 heteroatoms. The SMILES string of the molecule is CC(C)(CC(N)=O)CC(=O)N1CCC(O)C1. The van der Waals surface area contributed by atoms with Gasteiger partial charge in [-0.15, -0.1) is 0 Å². The smallest absolute Gasteiger partial charge is 0.223 e. The fourth-order valence-electron chi connectivity index (χ4n) is 2.02. The molecular weight excluding hydrogens is 208 g/mol. The van der Waals surface area contributed by atoms with E-state index in [9.17, 15) is 14.7 Å². The van der Waals surface area contributed by atoms with Crippen LogP contribution in [0.2, 0.25) is 0 Å². The highest BCUT2D eigenvalue weighted by Crippen LogP contribution is 2.26. The van der Waals surface area contributed by atoms with E-state index in [2.05, 4.69) is 0 Å². The van der Waals surface area contributed by atoms with Crippen molar-refractivity contribution in [1.82, 2.24) is 4.90 Å². The number of carbonyl (C=O) groups excluding carboxylic acids is 2. The molecule has 1 saturated heterocycles. The van der Waals surface area contributed by atoms with Crippen LogP contribution >= 0.6 is 0 Å². The van der Waals surface area contributed by atoms with E-state index in [1.807, 2.05) is 13.8 Å². The molecule has 5 nitrogen and oxygen atoms in total. The molecular formula is C11H20N2O3. The number of aliphatic hydroxyl groups is 1. The predicted octanol–water partition coefficient (Wildman–Crippen LogP) is -0.129. The highest BCUT2D eigenvalue weighted by atomic mass is 16.3. The Labute approximate surface area is 95.6 Å². The van der Waals surface area contributed by atoms with Crippen LogP contribution in [-0.4, -0.2) is 41.0 Å². The normalized spacial score (nSPS) is 21.2. The summed E-state index contributed by atoms with van der Waals surface area (Å²) in [4.78, 5) is 24.3. The predicted molar refractivity (Wildman–Crippen MR) is 59.4 cm³/mol. The van der Waals surface area contributed by atoms with Crippen molar-refractivity contribution < 1.29 is 14.7 Å². The highest BCUT2D eigenvalue weighted by Gasteiger charge is 2.30. The first-order valence-corrected chi connectivity index (χ1v) is 5.54. The van der Waals surface area contributed by atoms with Crippen molar-refractivity contribution in [3.05, 3.63) is 0 Å². The maximum atomic E-state index is 11.9. The van der Waals surface area contributed by atoms with Crippen LogP contribution in [-0.2, 0) is 9.59 Å². The van der Waals surface area contributed by atoms with Crippen LogP contribution in [0.3, 0.4) is 0 Å². The number of β-amino-alcohol motifs (C(OH)–C–C–N with tert-alkyl or cyclic N) is 1. The molecule has 1 aliphatic rings. The Hall–Kier alpha value is -1.10. The average molecular weight is 228 g/mol. The van der Waals surface area contributed by atoms with E-state index in [-0.39, 0.29) is 18.2 Å². The monoisotopic (exact) mass is 228 g/mol. The summed E-state index contributed by atoms with van der Waals surface area (Å²) in [6, 6.07) is 0. The first-order chi connectivity index (χ1) is 7.30. The summed E-state index contributed by atoms with van der Waals surface area (Å²) in [5, 5.41) is 9.32. The zero-order chi connectivity index (χ0) is 12.3. The van der Waals surface area contributed by atoms with E-state index in [0.29, 0.717) is 25.9 Å². The molecule has 0 bridgehead atoms. The second-order valence-electron chi connectivity index (χ2n) is 5.27. The van der Waals surface area contributed by atoms with Crippen LogP contribution in [0, 0.1) is 5.41 Å². The third-order valence-electron chi connectivity index (χ3n) is 2.80. The average Bonchev–Trinajstić information content (AvgIpc) is 2.47. The van der Waals surface area contributed by atoms with Crippen LogP contribution in [0.4, 0.5) is 0 Å². The van der Waals surface area contributed by atoms with Gasteiger partial charge in [-0.1, -0.05) is 13.8 Å². The topological polar surface area (TPSA) is 83.6 Å². The standard InChI is InChI=1S/C11H20N2O3/c1-11(2,5-9(12)15)6-10(16)13-4-3-8(14)7-13/h8,14H,3-7H2,1-2H3,(H2,12,15). The third kappa shape index (κ3) is 3.81. The molecule has 0 saturated carbocycles. The van der Waals surface area contributed by atoms with Gasteiger partial charge in [0, 0.05) is 25.9 Å². The second kappa shape index (κ2) is 4.82. The van der Waals surface area contributed by atoms with Crippen LogP contribution in [0.5, 0.6) is 0 Å². The van der Waals surface area contributed by atoms with Crippen LogP contribution in [0.25, 0.3) is 0 Å². The van der Waals surface area contributed by atoms with Gasteiger partial charge >= 0.3 is 0 Å². The Morgan fingerprint density at radius 2 is 2.06 bits per heavy atom. The molecule has 0 aromatic heterocycles. The van der Waals surface area contributed by atoms with Crippen molar-refractivity contribution in [3.63, 3.8) is 0 Å². The van der Waals surface area contributed by atoms with Crippen molar-refractivity contribution in [1.29, 1.82) is 0 Å². The van der Waals surface area contributed by atoms with Gasteiger partial charge in [-0.25, -0.2) is 0 Å². The number of likely N-dealkylation sites (tertiary alicyclic amines) is 1. The number of aliphatic hydroxyl groups excluding tert-OH is 1. The third-order valence-corrected chi connectivity index (χ3v) is 2.80.